The second-order valence-corrected chi connectivity index (χ2v) is 8.81. The van der Waals surface area contributed by atoms with E-state index in [1.165, 1.54) is 0 Å². The van der Waals surface area contributed by atoms with Crippen molar-refractivity contribution in [3.63, 3.8) is 0 Å². The van der Waals surface area contributed by atoms with Gasteiger partial charge in [0.25, 0.3) is 0 Å². The molecule has 3 heteroatoms. The Kier molecular flexibility index (Phi) is 9.07. The van der Waals surface area contributed by atoms with E-state index in [0.717, 1.165) is 31.3 Å². The van der Waals surface area contributed by atoms with Gasteiger partial charge < -0.3 is 4.74 Å². The molecule has 1 unspecified atom stereocenters. The van der Waals surface area contributed by atoms with Gasteiger partial charge in [-0.1, -0.05) is 54.0 Å². The molecule has 160 valence electrons. The lowest BCUT2D eigenvalue weighted by atomic mass is 9.76. The largest absolute Gasteiger partial charge is 0.462 e. The second kappa shape index (κ2) is 10.6. The molecule has 0 heterocycles. The van der Waals surface area contributed by atoms with Crippen LogP contribution >= 0.6 is 0 Å². The van der Waals surface area contributed by atoms with Crippen LogP contribution in [0.2, 0.25) is 0 Å². The smallest absolute Gasteiger partial charge is 0.168 e. The molecule has 0 bridgehead atoms. The van der Waals surface area contributed by atoms with Crippen LogP contribution in [0.1, 0.15) is 91.4 Å². The molecule has 0 spiro atoms. The molecule has 1 atom stereocenters. The number of benzene rings is 1. The van der Waals surface area contributed by atoms with Crippen LogP contribution in [-0.4, -0.2) is 11.6 Å². The minimum absolute atomic E-state index is 0.141. The topological polar surface area (TPSA) is 43.4 Å². The van der Waals surface area contributed by atoms with Gasteiger partial charge in [-0.25, -0.2) is 0 Å². The van der Waals surface area contributed by atoms with Crippen molar-refractivity contribution in [3.05, 3.63) is 53.3 Å². The van der Waals surface area contributed by atoms with Gasteiger partial charge in [0.05, 0.1) is 0 Å². The van der Waals surface area contributed by atoms with Gasteiger partial charge in [-0.2, -0.15) is 0 Å². The van der Waals surface area contributed by atoms with E-state index in [0.29, 0.717) is 17.1 Å². The first kappa shape index (κ1) is 24.9. The second-order valence-electron chi connectivity index (χ2n) is 8.81. The van der Waals surface area contributed by atoms with Crippen molar-refractivity contribution in [2.45, 2.75) is 81.1 Å². The minimum atomic E-state index is -0.363. The van der Waals surface area contributed by atoms with Gasteiger partial charge in [0, 0.05) is 16.4 Å². The van der Waals surface area contributed by atoms with Gasteiger partial charge in [0.2, 0.25) is 0 Å². The van der Waals surface area contributed by atoms with E-state index in [4.69, 9.17) is 4.74 Å². The molecular weight excluding hydrogens is 360 g/mol. The Balaban J connectivity index is 2.86. The summed E-state index contributed by atoms with van der Waals surface area (Å²) < 4.78 is 5.84. The summed E-state index contributed by atoms with van der Waals surface area (Å²) in [6, 6.07) is 7.25. The van der Waals surface area contributed by atoms with Crippen LogP contribution < -0.4 is 4.74 Å². The summed E-state index contributed by atoms with van der Waals surface area (Å²) in [7, 11) is 0. The number of Topliss-reactive ketones (excluding diaryl/α,β-unsaturated/α-hetero) is 2. The normalized spacial score (nSPS) is 15.0. The average molecular weight is 399 g/mol. The number of carbonyl (C=O) groups excluding carboxylic acids is 2. The molecule has 0 fully saturated rings. The van der Waals surface area contributed by atoms with Crippen LogP contribution in [0, 0.1) is 10.8 Å². The lowest BCUT2D eigenvalue weighted by Crippen LogP contribution is -2.27. The Labute approximate surface area is 177 Å². The van der Waals surface area contributed by atoms with Crippen molar-refractivity contribution in [2.24, 2.45) is 10.8 Å². The van der Waals surface area contributed by atoms with Crippen LogP contribution in [0.25, 0.3) is 0 Å². The van der Waals surface area contributed by atoms with Crippen molar-refractivity contribution in [2.75, 3.05) is 0 Å². The number of rotatable bonds is 11. The maximum Gasteiger partial charge on any atom is 0.168 e. The van der Waals surface area contributed by atoms with Crippen LogP contribution in [0.3, 0.4) is 0 Å². The Hall–Kier alpha value is -2.16. The molecule has 0 saturated heterocycles. The molecule has 1 rings (SSSR count). The van der Waals surface area contributed by atoms with Crippen molar-refractivity contribution in [1.82, 2.24) is 0 Å². The molecule has 0 aliphatic rings. The van der Waals surface area contributed by atoms with Gasteiger partial charge >= 0.3 is 0 Å². The molecule has 0 N–H and O–H groups in total. The number of allylic oxidation sites excluding steroid dienone is 4. The van der Waals surface area contributed by atoms with Crippen LogP contribution in [0.15, 0.2) is 47.7 Å². The monoisotopic (exact) mass is 398 g/mol. The SMILES string of the molecule is CCCC(C)(CC)C(=O)/C(C)=C/C=C(\C)Oc1ccc(C(=O)C(C)(C)CC)cc1. The van der Waals surface area contributed by atoms with E-state index in [2.05, 4.69) is 13.8 Å². The zero-order valence-electron chi connectivity index (χ0n) is 19.5. The molecule has 0 saturated carbocycles. The quantitative estimate of drug-likeness (QED) is 0.170. The van der Waals surface area contributed by atoms with Gasteiger partial charge in [-0.05, 0) is 69.0 Å². The summed E-state index contributed by atoms with van der Waals surface area (Å²) in [5.74, 6) is 1.71. The zero-order chi connectivity index (χ0) is 22.2. The summed E-state index contributed by atoms with van der Waals surface area (Å²) in [4.78, 5) is 25.3. The summed E-state index contributed by atoms with van der Waals surface area (Å²) in [6.07, 6.45) is 7.19. The number of ketones is 2. The Morgan fingerprint density at radius 2 is 1.52 bits per heavy atom. The lowest BCUT2D eigenvalue weighted by Gasteiger charge is -2.26. The maximum absolute atomic E-state index is 12.8. The minimum Gasteiger partial charge on any atom is -0.462 e. The fraction of sp³-hybridized carbons (Fsp3) is 0.538. The van der Waals surface area contributed by atoms with Crippen molar-refractivity contribution >= 4 is 11.6 Å². The molecule has 0 aromatic heterocycles. The summed E-state index contributed by atoms with van der Waals surface area (Å²) in [5, 5.41) is 0. The Morgan fingerprint density at radius 1 is 0.931 bits per heavy atom. The Bertz CT molecular complexity index is 766. The predicted octanol–water partition coefficient (Wildman–Crippen LogP) is 7.32. The van der Waals surface area contributed by atoms with Crippen LogP contribution in [0.5, 0.6) is 5.75 Å². The summed E-state index contributed by atoms with van der Waals surface area (Å²) in [6.45, 7) is 15.9. The molecule has 3 nitrogen and oxygen atoms in total. The first-order chi connectivity index (χ1) is 13.5. The molecule has 0 radical (unpaired) electrons. The van der Waals surface area contributed by atoms with Gasteiger partial charge in [0.1, 0.15) is 11.5 Å². The lowest BCUT2D eigenvalue weighted by molar-refractivity contribution is -0.124. The molecule has 0 aliphatic carbocycles. The van der Waals surface area contributed by atoms with Gasteiger partial charge in [0.15, 0.2) is 11.6 Å². The van der Waals surface area contributed by atoms with E-state index in [1.54, 1.807) is 0 Å². The first-order valence-electron chi connectivity index (χ1n) is 10.7. The first-order valence-corrected chi connectivity index (χ1v) is 10.7. The van der Waals surface area contributed by atoms with E-state index < -0.39 is 0 Å². The summed E-state index contributed by atoms with van der Waals surface area (Å²) >= 11 is 0. The van der Waals surface area contributed by atoms with E-state index in [1.807, 2.05) is 78.0 Å². The van der Waals surface area contributed by atoms with Crippen LogP contribution in [0.4, 0.5) is 0 Å². The highest BCUT2D eigenvalue weighted by Gasteiger charge is 2.30. The highest BCUT2D eigenvalue weighted by molar-refractivity contribution is 6.00. The third-order valence-corrected chi connectivity index (χ3v) is 5.95. The predicted molar refractivity (Wildman–Crippen MR) is 121 cm³/mol. The molecule has 0 amide bonds. The fourth-order valence-corrected chi connectivity index (χ4v) is 3.24. The third-order valence-electron chi connectivity index (χ3n) is 5.95. The highest BCUT2D eigenvalue weighted by Crippen LogP contribution is 2.31. The number of hydrogen-bond donors (Lipinski definition) is 0. The molecule has 1 aromatic carbocycles. The summed E-state index contributed by atoms with van der Waals surface area (Å²) in [5.41, 5.74) is 0.778. The molecule has 29 heavy (non-hydrogen) atoms. The molecule has 0 aliphatic heterocycles. The van der Waals surface area contributed by atoms with Crippen molar-refractivity contribution in [3.8, 4) is 5.75 Å². The van der Waals surface area contributed by atoms with Crippen LogP contribution in [-0.2, 0) is 4.79 Å². The van der Waals surface area contributed by atoms with E-state index in [9.17, 15) is 9.59 Å². The van der Waals surface area contributed by atoms with Gasteiger partial charge in [-0.3, -0.25) is 9.59 Å². The van der Waals surface area contributed by atoms with E-state index in [-0.39, 0.29) is 22.4 Å². The Morgan fingerprint density at radius 3 is 2.00 bits per heavy atom. The maximum atomic E-state index is 12.8. The fourth-order valence-electron chi connectivity index (χ4n) is 3.24. The average Bonchev–Trinajstić information content (AvgIpc) is 2.71. The third kappa shape index (κ3) is 6.69. The zero-order valence-corrected chi connectivity index (χ0v) is 19.5. The number of carbonyl (C=O) groups is 2. The van der Waals surface area contributed by atoms with Crippen molar-refractivity contribution < 1.29 is 14.3 Å². The standard InChI is InChI=1S/C26H38O3/c1-9-18-26(8,11-3)23(27)19(4)12-13-20(5)29-22-16-14-21(15-17-22)24(28)25(6,7)10-2/h12-17H,9-11,18H2,1-8H3/b19-12+,20-13+. The van der Waals surface area contributed by atoms with Crippen molar-refractivity contribution in [1.29, 1.82) is 0 Å². The van der Waals surface area contributed by atoms with Gasteiger partial charge in [-0.15, -0.1) is 0 Å². The van der Waals surface area contributed by atoms with E-state index >= 15 is 0 Å². The number of hydrogen-bond acceptors (Lipinski definition) is 3. The molecular formula is C26H38O3. The molecule has 1 aromatic rings. The number of ether oxygens (including phenoxy) is 1. The highest BCUT2D eigenvalue weighted by atomic mass is 16.5.